The maximum atomic E-state index is 13.1. The zero-order chi connectivity index (χ0) is 26.7. The number of hydrogen-bond acceptors (Lipinski definition) is 8. The van der Waals surface area contributed by atoms with Gasteiger partial charge in [-0.25, -0.2) is 4.79 Å². The van der Waals surface area contributed by atoms with Gasteiger partial charge in [-0.15, -0.1) is 0 Å². The molecule has 1 rings (SSSR count). The molecule has 0 fully saturated rings. The van der Waals surface area contributed by atoms with Crippen LogP contribution in [0.3, 0.4) is 0 Å². The van der Waals surface area contributed by atoms with E-state index < -0.39 is 60.2 Å². The molecule has 8 N–H and O–H groups in total. The molecule has 13 heteroatoms. The van der Waals surface area contributed by atoms with Crippen LogP contribution in [0.5, 0.6) is 5.75 Å². The fourth-order valence-electron chi connectivity index (χ4n) is 3.06. The molecule has 194 valence electrons. The van der Waals surface area contributed by atoms with Gasteiger partial charge in [0.1, 0.15) is 23.9 Å². The second-order valence-electron chi connectivity index (χ2n) is 8.41. The Kier molecular flexibility index (Phi) is 12.0. The van der Waals surface area contributed by atoms with Crippen LogP contribution in [0.1, 0.15) is 32.3 Å². The average Bonchev–Trinajstić information content (AvgIpc) is 2.77. The maximum Gasteiger partial charge on any atom is 0.326 e. The van der Waals surface area contributed by atoms with Gasteiger partial charge in [0.05, 0.1) is 12.5 Å². The molecule has 0 bridgehead atoms. The van der Waals surface area contributed by atoms with Crippen molar-refractivity contribution < 1.29 is 39.3 Å². The number of nitrogens with one attached hydrogen (secondary N) is 3. The zero-order valence-corrected chi connectivity index (χ0v) is 20.3. The summed E-state index contributed by atoms with van der Waals surface area (Å²) in [6.07, 6.45) is -0.745. The molecule has 12 nitrogen and oxygen atoms in total. The monoisotopic (exact) mass is 512 g/mol. The van der Waals surface area contributed by atoms with Crippen molar-refractivity contribution in [1.29, 1.82) is 0 Å². The summed E-state index contributed by atoms with van der Waals surface area (Å²) in [5.74, 6) is -5.22. The highest BCUT2D eigenvalue weighted by Crippen LogP contribution is 2.13. The number of phenolic OH excluding ortho intramolecular Hbond substituents is 1. The number of hydrogen-bond donors (Lipinski definition) is 8. The molecule has 0 heterocycles. The predicted molar refractivity (Wildman–Crippen MR) is 129 cm³/mol. The number of aromatic hydroxyl groups is 1. The van der Waals surface area contributed by atoms with Crippen molar-refractivity contribution in [2.45, 2.75) is 57.3 Å². The van der Waals surface area contributed by atoms with Crippen molar-refractivity contribution >= 4 is 42.3 Å². The fraction of sp³-hybridized carbons (Fsp3) is 0.500. The molecule has 0 saturated heterocycles. The number of carboxylic acid groups (broad SMARTS) is 2. The van der Waals surface area contributed by atoms with E-state index in [-0.39, 0.29) is 30.3 Å². The first-order valence-corrected chi connectivity index (χ1v) is 11.5. The van der Waals surface area contributed by atoms with E-state index in [0.29, 0.717) is 5.56 Å². The molecule has 4 unspecified atom stereocenters. The highest BCUT2D eigenvalue weighted by Gasteiger charge is 2.31. The molecule has 0 aliphatic carbocycles. The molecule has 0 aliphatic heterocycles. The number of carboxylic acids is 2. The maximum absolute atomic E-state index is 13.1. The van der Waals surface area contributed by atoms with Crippen LogP contribution < -0.4 is 21.7 Å². The molecular formula is C22H32N4O8S. The van der Waals surface area contributed by atoms with Gasteiger partial charge in [0, 0.05) is 12.2 Å². The summed E-state index contributed by atoms with van der Waals surface area (Å²) in [6.45, 7) is 3.66. The molecular weight excluding hydrogens is 480 g/mol. The van der Waals surface area contributed by atoms with Gasteiger partial charge in [0.2, 0.25) is 17.7 Å². The van der Waals surface area contributed by atoms with Gasteiger partial charge in [-0.05, 0) is 30.0 Å². The third-order valence-electron chi connectivity index (χ3n) is 4.88. The fourth-order valence-corrected chi connectivity index (χ4v) is 3.23. The SMILES string of the molecule is CC(C)CC(NC(=O)C(N)CS)C(=O)NC(Cc1ccc(O)cc1)C(=O)NC(CC(=O)O)C(=O)O. The molecule has 35 heavy (non-hydrogen) atoms. The van der Waals surface area contributed by atoms with Gasteiger partial charge in [-0.1, -0.05) is 26.0 Å². The van der Waals surface area contributed by atoms with Gasteiger partial charge in [-0.3, -0.25) is 19.2 Å². The third-order valence-corrected chi connectivity index (χ3v) is 5.27. The predicted octanol–water partition coefficient (Wildman–Crippen LogP) is -0.748. The Hall–Kier alpha value is -3.32. The topological polar surface area (TPSA) is 208 Å². The Labute approximate surface area is 208 Å². The number of thiol groups is 1. The van der Waals surface area contributed by atoms with Crippen molar-refractivity contribution in [1.82, 2.24) is 16.0 Å². The smallest absolute Gasteiger partial charge is 0.326 e. The largest absolute Gasteiger partial charge is 0.508 e. The van der Waals surface area contributed by atoms with E-state index in [4.69, 9.17) is 10.8 Å². The van der Waals surface area contributed by atoms with Crippen molar-refractivity contribution in [3.05, 3.63) is 29.8 Å². The second-order valence-corrected chi connectivity index (χ2v) is 8.77. The lowest BCUT2D eigenvalue weighted by molar-refractivity contribution is -0.147. The van der Waals surface area contributed by atoms with Crippen molar-refractivity contribution in [2.75, 3.05) is 5.75 Å². The van der Waals surface area contributed by atoms with E-state index in [9.17, 15) is 34.2 Å². The van der Waals surface area contributed by atoms with Crippen LogP contribution >= 0.6 is 12.6 Å². The molecule has 3 amide bonds. The Morgan fingerprint density at radius 3 is 1.89 bits per heavy atom. The van der Waals surface area contributed by atoms with Gasteiger partial charge < -0.3 is 37.0 Å². The van der Waals surface area contributed by atoms with Gasteiger partial charge in [0.25, 0.3) is 0 Å². The molecule has 4 atom stereocenters. The van der Waals surface area contributed by atoms with Crippen molar-refractivity contribution in [3.8, 4) is 5.75 Å². The van der Waals surface area contributed by atoms with Gasteiger partial charge in [-0.2, -0.15) is 12.6 Å². The van der Waals surface area contributed by atoms with Gasteiger partial charge in [0.15, 0.2) is 0 Å². The first kappa shape index (κ1) is 29.7. The minimum absolute atomic E-state index is 0.0189. The zero-order valence-electron chi connectivity index (χ0n) is 19.4. The normalized spacial score (nSPS) is 14.3. The van der Waals surface area contributed by atoms with Crippen LogP contribution in [-0.2, 0) is 30.4 Å². The highest BCUT2D eigenvalue weighted by atomic mass is 32.1. The number of carbonyl (C=O) groups is 5. The molecule has 1 aromatic carbocycles. The van der Waals surface area contributed by atoms with Crippen LogP contribution in [0.15, 0.2) is 24.3 Å². The Morgan fingerprint density at radius 2 is 1.40 bits per heavy atom. The van der Waals surface area contributed by atoms with E-state index in [1.165, 1.54) is 24.3 Å². The molecule has 0 radical (unpaired) electrons. The number of benzene rings is 1. The van der Waals surface area contributed by atoms with Crippen LogP contribution in [0, 0.1) is 5.92 Å². The summed E-state index contributed by atoms with van der Waals surface area (Å²) in [4.78, 5) is 60.6. The van der Waals surface area contributed by atoms with E-state index in [1.807, 2.05) is 13.8 Å². The molecule has 0 saturated carbocycles. The Bertz CT molecular complexity index is 909. The quantitative estimate of drug-likeness (QED) is 0.147. The first-order chi connectivity index (χ1) is 16.3. The Balaban J connectivity index is 3.16. The summed E-state index contributed by atoms with van der Waals surface area (Å²) >= 11 is 3.97. The average molecular weight is 513 g/mol. The minimum Gasteiger partial charge on any atom is -0.508 e. The lowest BCUT2D eigenvalue weighted by atomic mass is 10.0. The van der Waals surface area contributed by atoms with Crippen LogP contribution in [0.2, 0.25) is 0 Å². The van der Waals surface area contributed by atoms with Crippen LogP contribution in [-0.4, -0.2) is 74.9 Å². The molecule has 0 aromatic heterocycles. The lowest BCUT2D eigenvalue weighted by Gasteiger charge is -2.26. The molecule has 1 aromatic rings. The van der Waals surface area contributed by atoms with E-state index >= 15 is 0 Å². The summed E-state index contributed by atoms with van der Waals surface area (Å²) in [7, 11) is 0. The second kappa shape index (κ2) is 14.2. The summed E-state index contributed by atoms with van der Waals surface area (Å²) in [5.41, 5.74) is 6.20. The number of phenols is 1. The number of nitrogens with two attached hydrogens (primary N) is 1. The number of rotatable bonds is 14. The number of amides is 3. The first-order valence-electron chi connectivity index (χ1n) is 10.8. The van der Waals surface area contributed by atoms with Crippen molar-refractivity contribution in [2.24, 2.45) is 11.7 Å². The van der Waals surface area contributed by atoms with E-state index in [0.717, 1.165) is 0 Å². The molecule has 0 spiro atoms. The standard InChI is InChI=1S/C22H32N4O8S/c1-11(2)7-15(24-19(30)14(23)10-35)20(31)25-16(8-12-3-5-13(27)6-4-12)21(32)26-17(22(33)34)9-18(28)29/h3-6,11,14-17,27,35H,7-10,23H2,1-2H3,(H,24,30)(H,25,31)(H,26,32)(H,28,29)(H,33,34). The lowest BCUT2D eigenvalue weighted by Crippen LogP contribution is -2.58. The Morgan fingerprint density at radius 1 is 0.886 bits per heavy atom. The van der Waals surface area contributed by atoms with Crippen LogP contribution in [0.4, 0.5) is 0 Å². The number of carbonyl (C=O) groups excluding carboxylic acids is 3. The summed E-state index contributed by atoms with van der Waals surface area (Å²) < 4.78 is 0. The third kappa shape index (κ3) is 10.6. The van der Waals surface area contributed by atoms with Crippen LogP contribution in [0.25, 0.3) is 0 Å². The minimum atomic E-state index is -1.72. The van der Waals surface area contributed by atoms with E-state index in [2.05, 4.69) is 28.6 Å². The van der Waals surface area contributed by atoms with Crippen molar-refractivity contribution in [3.63, 3.8) is 0 Å². The highest BCUT2D eigenvalue weighted by molar-refractivity contribution is 7.80. The molecule has 0 aliphatic rings. The van der Waals surface area contributed by atoms with Gasteiger partial charge >= 0.3 is 11.9 Å². The number of aliphatic carboxylic acids is 2. The summed E-state index contributed by atoms with van der Waals surface area (Å²) in [6, 6.07) is 0.724. The van der Waals surface area contributed by atoms with E-state index in [1.54, 1.807) is 0 Å². The summed E-state index contributed by atoms with van der Waals surface area (Å²) in [5, 5.41) is 34.9.